The van der Waals surface area contributed by atoms with Crippen molar-refractivity contribution in [2.45, 2.75) is 6.61 Å². The molecule has 2 aromatic carbocycles. The van der Waals surface area contributed by atoms with Gasteiger partial charge in [-0.3, -0.25) is 4.79 Å². The van der Waals surface area contributed by atoms with Gasteiger partial charge < -0.3 is 10.5 Å². The van der Waals surface area contributed by atoms with Gasteiger partial charge in [-0.25, -0.2) is 4.39 Å². The van der Waals surface area contributed by atoms with Crippen LogP contribution in [0.15, 0.2) is 42.5 Å². The lowest BCUT2D eigenvalue weighted by molar-refractivity contribution is -0.0494. The summed E-state index contributed by atoms with van der Waals surface area (Å²) in [5, 5.41) is 0. The van der Waals surface area contributed by atoms with Crippen molar-refractivity contribution in [2.24, 2.45) is 5.73 Å². The standard InChI is InChI=1S/C14H10F3NO2/c15-12-9(5-3-6-10(12)13(18)19)8-4-1-2-7-11(8)20-14(16)17/h1-7,14H,(H2,18,19). The molecule has 0 saturated heterocycles. The molecule has 1 amide bonds. The van der Waals surface area contributed by atoms with Crippen LogP contribution in [0.4, 0.5) is 13.2 Å². The minimum Gasteiger partial charge on any atom is -0.434 e. The number of primary amides is 1. The van der Waals surface area contributed by atoms with Crippen LogP contribution >= 0.6 is 0 Å². The molecule has 0 aliphatic heterocycles. The lowest BCUT2D eigenvalue weighted by atomic mass is 10.0. The second-order valence-electron chi connectivity index (χ2n) is 3.91. The number of alkyl halides is 2. The Kier molecular flexibility index (Phi) is 3.93. The van der Waals surface area contributed by atoms with Gasteiger partial charge in [0.2, 0.25) is 0 Å². The molecule has 3 nitrogen and oxygen atoms in total. The molecule has 0 fully saturated rings. The minimum atomic E-state index is -3.03. The highest BCUT2D eigenvalue weighted by Crippen LogP contribution is 2.33. The zero-order chi connectivity index (χ0) is 14.7. The normalized spacial score (nSPS) is 10.6. The van der Waals surface area contributed by atoms with Crippen LogP contribution < -0.4 is 10.5 Å². The molecule has 0 aliphatic carbocycles. The van der Waals surface area contributed by atoms with Crippen LogP contribution in [-0.4, -0.2) is 12.5 Å². The fourth-order valence-corrected chi connectivity index (χ4v) is 1.82. The van der Waals surface area contributed by atoms with Gasteiger partial charge in [-0.2, -0.15) is 8.78 Å². The highest BCUT2D eigenvalue weighted by Gasteiger charge is 2.17. The van der Waals surface area contributed by atoms with Crippen LogP contribution in [0.25, 0.3) is 11.1 Å². The first kappa shape index (κ1) is 13.9. The van der Waals surface area contributed by atoms with E-state index in [9.17, 15) is 18.0 Å². The van der Waals surface area contributed by atoms with Crippen molar-refractivity contribution < 1.29 is 22.7 Å². The molecule has 2 N–H and O–H groups in total. The fourth-order valence-electron chi connectivity index (χ4n) is 1.82. The van der Waals surface area contributed by atoms with E-state index in [1.54, 1.807) is 6.07 Å². The molecule has 2 rings (SSSR count). The fraction of sp³-hybridized carbons (Fsp3) is 0.0714. The smallest absolute Gasteiger partial charge is 0.387 e. The summed E-state index contributed by atoms with van der Waals surface area (Å²) < 4.78 is 43.2. The summed E-state index contributed by atoms with van der Waals surface area (Å²) in [5.41, 5.74) is 4.83. The van der Waals surface area contributed by atoms with Crippen LogP contribution in [0.3, 0.4) is 0 Å². The number of benzene rings is 2. The van der Waals surface area contributed by atoms with E-state index in [4.69, 9.17) is 5.73 Å². The molecule has 0 atom stereocenters. The van der Waals surface area contributed by atoms with Crippen molar-refractivity contribution >= 4 is 5.91 Å². The van der Waals surface area contributed by atoms with Crippen LogP contribution in [0.2, 0.25) is 0 Å². The summed E-state index contributed by atoms with van der Waals surface area (Å²) in [5.74, 6) is -1.98. The summed E-state index contributed by atoms with van der Waals surface area (Å²) in [6, 6.07) is 9.73. The summed E-state index contributed by atoms with van der Waals surface area (Å²) in [6.07, 6.45) is 0. The maximum absolute atomic E-state index is 14.2. The second-order valence-corrected chi connectivity index (χ2v) is 3.91. The molecule has 2 aromatic rings. The summed E-state index contributed by atoms with van der Waals surface area (Å²) >= 11 is 0. The molecule has 6 heteroatoms. The topological polar surface area (TPSA) is 52.3 Å². The highest BCUT2D eigenvalue weighted by molar-refractivity contribution is 5.94. The third-order valence-corrected chi connectivity index (χ3v) is 2.66. The van der Waals surface area contributed by atoms with Crippen LogP contribution in [0.5, 0.6) is 5.75 Å². The number of halogens is 3. The van der Waals surface area contributed by atoms with E-state index >= 15 is 0 Å². The van der Waals surface area contributed by atoms with Gasteiger partial charge in [-0.1, -0.05) is 30.3 Å². The average Bonchev–Trinajstić information content (AvgIpc) is 2.39. The van der Waals surface area contributed by atoms with Crippen LogP contribution in [0.1, 0.15) is 10.4 Å². The van der Waals surface area contributed by atoms with E-state index in [0.29, 0.717) is 0 Å². The van der Waals surface area contributed by atoms with Gasteiger partial charge in [0.15, 0.2) is 0 Å². The van der Waals surface area contributed by atoms with Crippen molar-refractivity contribution in [3.05, 3.63) is 53.8 Å². The van der Waals surface area contributed by atoms with E-state index < -0.39 is 18.3 Å². The van der Waals surface area contributed by atoms with Gasteiger partial charge in [0.25, 0.3) is 5.91 Å². The van der Waals surface area contributed by atoms with Gasteiger partial charge in [-0.15, -0.1) is 0 Å². The predicted molar refractivity (Wildman–Crippen MR) is 67.0 cm³/mol. The third kappa shape index (κ3) is 2.74. The molecule has 0 heterocycles. The van der Waals surface area contributed by atoms with E-state index in [0.717, 1.165) is 0 Å². The summed E-state index contributed by atoms with van der Waals surface area (Å²) in [4.78, 5) is 11.1. The molecule has 0 spiro atoms. The first-order chi connectivity index (χ1) is 9.50. The Morgan fingerprint density at radius 1 is 1.05 bits per heavy atom. The molecule has 0 unspecified atom stereocenters. The number of hydrogen-bond acceptors (Lipinski definition) is 2. The molecule has 0 radical (unpaired) electrons. The number of ether oxygens (including phenoxy) is 1. The molecule has 0 aliphatic rings. The van der Waals surface area contributed by atoms with Crippen molar-refractivity contribution in [3.63, 3.8) is 0 Å². The van der Waals surface area contributed by atoms with Gasteiger partial charge in [0.1, 0.15) is 11.6 Å². The van der Waals surface area contributed by atoms with Crippen molar-refractivity contribution in [3.8, 4) is 16.9 Å². The first-order valence-electron chi connectivity index (χ1n) is 5.63. The van der Waals surface area contributed by atoms with Crippen LogP contribution in [-0.2, 0) is 0 Å². The number of hydrogen-bond donors (Lipinski definition) is 1. The zero-order valence-corrected chi connectivity index (χ0v) is 10.1. The lowest BCUT2D eigenvalue weighted by Gasteiger charge is -2.12. The second kappa shape index (κ2) is 5.64. The summed E-state index contributed by atoms with van der Waals surface area (Å²) in [7, 11) is 0. The van der Waals surface area contributed by atoms with Gasteiger partial charge in [0, 0.05) is 11.1 Å². The quantitative estimate of drug-likeness (QED) is 0.935. The van der Waals surface area contributed by atoms with Crippen molar-refractivity contribution in [2.75, 3.05) is 0 Å². The molecule has 0 aromatic heterocycles. The van der Waals surface area contributed by atoms with Gasteiger partial charge >= 0.3 is 6.61 Å². The average molecular weight is 281 g/mol. The number of carbonyl (C=O) groups excluding carboxylic acids is 1. The van der Waals surface area contributed by atoms with Gasteiger partial charge in [0.05, 0.1) is 5.56 Å². The molecule has 20 heavy (non-hydrogen) atoms. The SMILES string of the molecule is NC(=O)c1cccc(-c2ccccc2OC(F)F)c1F. The van der Waals surface area contributed by atoms with E-state index in [2.05, 4.69) is 4.74 Å². The van der Waals surface area contributed by atoms with Gasteiger partial charge in [-0.05, 0) is 12.1 Å². The summed E-state index contributed by atoms with van der Waals surface area (Å²) in [6.45, 7) is -3.03. The van der Waals surface area contributed by atoms with E-state index in [1.807, 2.05) is 0 Å². The Morgan fingerprint density at radius 2 is 1.70 bits per heavy atom. The Bertz CT molecular complexity index is 644. The zero-order valence-electron chi connectivity index (χ0n) is 10.1. The maximum Gasteiger partial charge on any atom is 0.387 e. The highest BCUT2D eigenvalue weighted by atomic mass is 19.3. The number of amides is 1. The number of rotatable bonds is 4. The lowest BCUT2D eigenvalue weighted by Crippen LogP contribution is -2.13. The number of carbonyl (C=O) groups is 1. The van der Waals surface area contributed by atoms with E-state index in [-0.39, 0.29) is 22.4 Å². The van der Waals surface area contributed by atoms with Crippen molar-refractivity contribution in [1.82, 2.24) is 0 Å². The monoisotopic (exact) mass is 281 g/mol. The largest absolute Gasteiger partial charge is 0.434 e. The Hall–Kier alpha value is -2.50. The minimum absolute atomic E-state index is 0.0300. The third-order valence-electron chi connectivity index (χ3n) is 2.66. The van der Waals surface area contributed by atoms with Crippen LogP contribution in [0, 0.1) is 5.82 Å². The predicted octanol–water partition coefficient (Wildman–Crippen LogP) is 3.19. The molecular weight excluding hydrogens is 271 g/mol. The Labute approximate surface area is 112 Å². The van der Waals surface area contributed by atoms with Crippen molar-refractivity contribution in [1.29, 1.82) is 0 Å². The Morgan fingerprint density at radius 3 is 2.35 bits per heavy atom. The number of para-hydroxylation sites is 1. The Balaban J connectivity index is 2.57. The number of nitrogens with two attached hydrogens (primary N) is 1. The molecule has 0 bridgehead atoms. The molecule has 0 saturated carbocycles. The maximum atomic E-state index is 14.2. The van der Waals surface area contributed by atoms with E-state index in [1.165, 1.54) is 36.4 Å². The first-order valence-corrected chi connectivity index (χ1v) is 5.63. The molecular formula is C14H10F3NO2. The molecule has 104 valence electrons.